The molecule has 0 spiro atoms. The summed E-state index contributed by atoms with van der Waals surface area (Å²) in [6.07, 6.45) is 3.24. The Bertz CT molecular complexity index is 1020. The molecule has 1 aliphatic heterocycles. The van der Waals surface area contributed by atoms with Gasteiger partial charge in [0, 0.05) is 42.7 Å². The predicted octanol–water partition coefficient (Wildman–Crippen LogP) is 1.81. The van der Waals surface area contributed by atoms with Gasteiger partial charge in [0.05, 0.1) is 24.7 Å². The number of carbonyl (C=O) groups excluding carboxylic acids is 1. The quantitative estimate of drug-likeness (QED) is 0.717. The van der Waals surface area contributed by atoms with E-state index >= 15 is 0 Å². The first-order valence-corrected chi connectivity index (χ1v) is 12.0. The minimum absolute atomic E-state index is 0.152. The molecule has 2 N–H and O–H groups in total. The molecule has 2 fully saturated rings. The highest BCUT2D eigenvalue weighted by molar-refractivity contribution is 7.89. The Kier molecular flexibility index (Phi) is 5.87. The van der Waals surface area contributed by atoms with Crippen LogP contribution in [0.3, 0.4) is 0 Å². The first kappa shape index (κ1) is 20.5. The summed E-state index contributed by atoms with van der Waals surface area (Å²) in [6.45, 7) is 2.58. The van der Waals surface area contributed by atoms with Crippen LogP contribution < -0.4 is 15.5 Å². The fourth-order valence-electron chi connectivity index (χ4n) is 3.19. The lowest BCUT2D eigenvalue weighted by Gasteiger charge is -2.28. The number of rotatable bonds is 6. The molecule has 0 unspecified atom stereocenters. The normalized spacial score (nSPS) is 16.9. The van der Waals surface area contributed by atoms with Gasteiger partial charge in [-0.1, -0.05) is 0 Å². The summed E-state index contributed by atoms with van der Waals surface area (Å²) in [4.78, 5) is 23.1. The maximum atomic E-state index is 11.9. The van der Waals surface area contributed by atoms with Crippen molar-refractivity contribution < 1.29 is 17.9 Å². The van der Waals surface area contributed by atoms with E-state index in [1.54, 1.807) is 18.2 Å². The lowest BCUT2D eigenvalue weighted by Crippen LogP contribution is -2.37. The molecule has 1 aromatic carbocycles. The molecule has 4 rings (SSSR count). The number of aromatic nitrogens is 2. The van der Waals surface area contributed by atoms with E-state index in [9.17, 15) is 13.2 Å². The third-order valence-corrected chi connectivity index (χ3v) is 5.64. The number of sulfone groups is 1. The van der Waals surface area contributed by atoms with Crippen LogP contribution in [-0.4, -0.2) is 63.0 Å². The highest BCUT2D eigenvalue weighted by atomic mass is 32.2. The van der Waals surface area contributed by atoms with Gasteiger partial charge in [-0.25, -0.2) is 23.2 Å². The maximum Gasteiger partial charge on any atom is 0.319 e. The van der Waals surface area contributed by atoms with E-state index in [4.69, 9.17) is 4.74 Å². The van der Waals surface area contributed by atoms with E-state index < -0.39 is 9.84 Å². The second-order valence-electron chi connectivity index (χ2n) is 7.66. The number of amides is 2. The smallest absolute Gasteiger partial charge is 0.319 e. The fourth-order valence-corrected chi connectivity index (χ4v) is 3.88. The van der Waals surface area contributed by atoms with Gasteiger partial charge in [0.1, 0.15) is 5.82 Å². The van der Waals surface area contributed by atoms with Crippen molar-refractivity contribution in [2.45, 2.75) is 24.6 Å². The van der Waals surface area contributed by atoms with Gasteiger partial charge in [-0.3, -0.25) is 0 Å². The van der Waals surface area contributed by atoms with E-state index in [-0.39, 0.29) is 17.8 Å². The van der Waals surface area contributed by atoms with Crippen molar-refractivity contribution in [3.63, 3.8) is 0 Å². The average molecular weight is 432 g/mol. The molecule has 9 nitrogen and oxygen atoms in total. The zero-order valence-electron chi connectivity index (χ0n) is 16.8. The number of morpholine rings is 1. The molecule has 30 heavy (non-hydrogen) atoms. The van der Waals surface area contributed by atoms with Crippen LogP contribution in [0.4, 0.5) is 16.3 Å². The second-order valence-corrected chi connectivity index (χ2v) is 9.80. The van der Waals surface area contributed by atoms with Crippen molar-refractivity contribution >= 4 is 27.4 Å². The van der Waals surface area contributed by atoms with E-state index in [2.05, 4.69) is 25.5 Å². The summed E-state index contributed by atoms with van der Waals surface area (Å²) < 4.78 is 29.0. The van der Waals surface area contributed by atoms with Crippen molar-refractivity contribution in [2.75, 3.05) is 42.8 Å². The minimum Gasteiger partial charge on any atom is -0.378 e. The van der Waals surface area contributed by atoms with Gasteiger partial charge in [0.2, 0.25) is 0 Å². The minimum atomic E-state index is -3.24. The molecule has 0 atom stereocenters. The lowest BCUT2D eigenvalue weighted by atomic mass is 10.2. The molecule has 2 aromatic rings. The Morgan fingerprint density at radius 1 is 1.17 bits per heavy atom. The molecule has 1 saturated heterocycles. The Morgan fingerprint density at radius 2 is 1.87 bits per heavy atom. The van der Waals surface area contributed by atoms with Gasteiger partial charge in [-0.05, 0) is 37.1 Å². The Labute approximate surface area is 175 Å². The zero-order valence-corrected chi connectivity index (χ0v) is 17.6. The Morgan fingerprint density at radius 3 is 2.50 bits per heavy atom. The maximum absolute atomic E-state index is 11.9. The van der Waals surface area contributed by atoms with E-state index in [1.165, 1.54) is 6.26 Å². The van der Waals surface area contributed by atoms with Crippen LogP contribution in [0.15, 0.2) is 30.3 Å². The number of nitrogens with one attached hydrogen (secondary N) is 2. The van der Waals surface area contributed by atoms with Crippen LogP contribution in [-0.2, 0) is 20.3 Å². The zero-order chi connectivity index (χ0) is 21.1. The molecule has 1 saturated carbocycles. The standard InChI is InChI=1S/C20H25N5O4S/c1-30(27,28)13-17-12-18(25-8-10-29-11-9-25)24-19(21-17)14-2-4-15(5-3-14)22-20(26)23-16-6-7-16/h2-5,12,16H,6-11,13H2,1H3,(H2,22,23,26). The number of hydrogen-bond acceptors (Lipinski definition) is 7. The predicted molar refractivity (Wildman–Crippen MR) is 114 cm³/mol. The van der Waals surface area contributed by atoms with Crippen LogP contribution in [0, 0.1) is 0 Å². The number of hydrogen-bond donors (Lipinski definition) is 2. The summed E-state index contributed by atoms with van der Waals surface area (Å²) in [6, 6.07) is 8.99. The first-order chi connectivity index (χ1) is 14.4. The molecule has 2 aliphatic rings. The van der Waals surface area contributed by atoms with Crippen molar-refractivity contribution in [3.05, 3.63) is 36.0 Å². The number of carbonyl (C=O) groups is 1. The third-order valence-electron chi connectivity index (χ3n) is 4.82. The van der Waals surface area contributed by atoms with Crippen molar-refractivity contribution in [3.8, 4) is 11.4 Å². The molecule has 2 amide bonds. The molecule has 2 heterocycles. The molecular weight excluding hydrogens is 406 g/mol. The highest BCUT2D eigenvalue weighted by Gasteiger charge is 2.23. The SMILES string of the molecule is CS(=O)(=O)Cc1cc(N2CCOCC2)nc(-c2ccc(NC(=O)NC3CC3)cc2)n1. The van der Waals surface area contributed by atoms with Crippen molar-refractivity contribution in [2.24, 2.45) is 0 Å². The topological polar surface area (TPSA) is 114 Å². The van der Waals surface area contributed by atoms with Crippen LogP contribution in [0.1, 0.15) is 18.5 Å². The van der Waals surface area contributed by atoms with Gasteiger partial charge in [-0.15, -0.1) is 0 Å². The third kappa shape index (κ3) is 5.67. The molecular formula is C20H25N5O4S. The number of nitrogens with zero attached hydrogens (tertiary/aromatic N) is 3. The molecule has 0 radical (unpaired) electrons. The summed E-state index contributed by atoms with van der Waals surface area (Å²) in [7, 11) is -3.24. The Hall–Kier alpha value is -2.72. The van der Waals surface area contributed by atoms with Crippen LogP contribution >= 0.6 is 0 Å². The molecule has 1 aliphatic carbocycles. The molecule has 160 valence electrons. The molecule has 10 heteroatoms. The van der Waals surface area contributed by atoms with Gasteiger partial charge in [0.15, 0.2) is 15.7 Å². The lowest BCUT2D eigenvalue weighted by molar-refractivity contribution is 0.122. The first-order valence-electron chi connectivity index (χ1n) is 9.92. The van der Waals surface area contributed by atoms with Gasteiger partial charge >= 0.3 is 6.03 Å². The summed E-state index contributed by atoms with van der Waals surface area (Å²) in [5.41, 5.74) is 1.86. The van der Waals surface area contributed by atoms with Crippen molar-refractivity contribution in [1.82, 2.24) is 15.3 Å². The Balaban J connectivity index is 1.57. The summed E-state index contributed by atoms with van der Waals surface area (Å²) in [5, 5.41) is 5.68. The summed E-state index contributed by atoms with van der Waals surface area (Å²) >= 11 is 0. The van der Waals surface area contributed by atoms with Crippen LogP contribution in [0.2, 0.25) is 0 Å². The monoisotopic (exact) mass is 431 g/mol. The van der Waals surface area contributed by atoms with E-state index in [0.29, 0.717) is 49.3 Å². The van der Waals surface area contributed by atoms with Crippen LogP contribution in [0.5, 0.6) is 0 Å². The number of urea groups is 1. The van der Waals surface area contributed by atoms with Gasteiger partial charge < -0.3 is 20.3 Å². The number of benzene rings is 1. The van der Waals surface area contributed by atoms with Crippen molar-refractivity contribution in [1.29, 1.82) is 0 Å². The highest BCUT2D eigenvalue weighted by Crippen LogP contribution is 2.24. The van der Waals surface area contributed by atoms with Crippen LogP contribution in [0.25, 0.3) is 11.4 Å². The van der Waals surface area contributed by atoms with E-state index in [0.717, 1.165) is 18.4 Å². The van der Waals surface area contributed by atoms with E-state index in [1.807, 2.05) is 12.1 Å². The van der Waals surface area contributed by atoms with Gasteiger partial charge in [-0.2, -0.15) is 0 Å². The second kappa shape index (κ2) is 8.57. The molecule has 0 bridgehead atoms. The number of ether oxygens (including phenoxy) is 1. The van der Waals surface area contributed by atoms with Gasteiger partial charge in [0.25, 0.3) is 0 Å². The fraction of sp³-hybridized carbons (Fsp3) is 0.450. The average Bonchev–Trinajstić information content (AvgIpc) is 3.51. The largest absolute Gasteiger partial charge is 0.378 e. The molecule has 1 aromatic heterocycles. The number of anilines is 2. The summed E-state index contributed by atoms with van der Waals surface area (Å²) in [5.74, 6) is 0.987.